The summed E-state index contributed by atoms with van der Waals surface area (Å²) in [6.07, 6.45) is 1.56. The van der Waals surface area contributed by atoms with Crippen molar-refractivity contribution >= 4 is 11.9 Å². The second-order valence-electron chi connectivity index (χ2n) is 4.79. The number of aromatic nitrogens is 3. The summed E-state index contributed by atoms with van der Waals surface area (Å²) < 4.78 is 5.36. The molecule has 1 fully saturated rings. The first kappa shape index (κ1) is 12.8. The van der Waals surface area contributed by atoms with E-state index in [0.29, 0.717) is 32.1 Å². The fourth-order valence-corrected chi connectivity index (χ4v) is 1.88. The maximum atomic E-state index is 9.93. The van der Waals surface area contributed by atoms with Crippen molar-refractivity contribution in [3.8, 4) is 6.01 Å². The van der Waals surface area contributed by atoms with Crippen LogP contribution in [0.3, 0.4) is 0 Å². The van der Waals surface area contributed by atoms with Gasteiger partial charge in [-0.25, -0.2) is 0 Å². The highest BCUT2D eigenvalue weighted by atomic mass is 16.5. The number of hydrogen-bond donors (Lipinski definition) is 2. The van der Waals surface area contributed by atoms with Crippen LogP contribution in [0.1, 0.15) is 26.7 Å². The normalized spacial score (nSPS) is 23.4. The summed E-state index contributed by atoms with van der Waals surface area (Å²) in [5.74, 6) is 0.601. The molecule has 1 unspecified atom stereocenters. The highest BCUT2D eigenvalue weighted by Crippen LogP contribution is 2.24. The van der Waals surface area contributed by atoms with Crippen LogP contribution in [0.5, 0.6) is 6.01 Å². The average molecular weight is 253 g/mol. The van der Waals surface area contributed by atoms with Crippen LogP contribution in [0.15, 0.2) is 0 Å². The van der Waals surface area contributed by atoms with E-state index in [9.17, 15) is 5.11 Å². The maximum Gasteiger partial charge on any atom is 0.323 e. The van der Waals surface area contributed by atoms with Crippen molar-refractivity contribution in [3.05, 3.63) is 0 Å². The molecule has 2 heterocycles. The molecule has 18 heavy (non-hydrogen) atoms. The molecular weight excluding hydrogens is 234 g/mol. The molecule has 0 aromatic carbocycles. The van der Waals surface area contributed by atoms with Crippen molar-refractivity contribution in [1.29, 1.82) is 0 Å². The smallest absolute Gasteiger partial charge is 0.323 e. The Kier molecular flexibility index (Phi) is 3.51. The van der Waals surface area contributed by atoms with E-state index in [1.54, 1.807) is 6.92 Å². The van der Waals surface area contributed by atoms with Crippen molar-refractivity contribution in [2.24, 2.45) is 0 Å². The molecule has 1 aliphatic heterocycles. The van der Waals surface area contributed by atoms with Gasteiger partial charge >= 0.3 is 6.01 Å². The lowest BCUT2D eigenvalue weighted by molar-refractivity contribution is 0.0838. The highest BCUT2D eigenvalue weighted by molar-refractivity contribution is 5.38. The van der Waals surface area contributed by atoms with E-state index in [-0.39, 0.29) is 12.0 Å². The summed E-state index contributed by atoms with van der Waals surface area (Å²) in [5.41, 5.74) is 4.93. The summed E-state index contributed by atoms with van der Waals surface area (Å²) in [4.78, 5) is 14.1. The Morgan fingerprint density at radius 2 is 2.22 bits per heavy atom. The van der Waals surface area contributed by atoms with Gasteiger partial charge in [-0.2, -0.15) is 15.0 Å². The van der Waals surface area contributed by atoms with Gasteiger partial charge in [0.05, 0.1) is 12.2 Å². The Morgan fingerprint density at radius 3 is 2.83 bits per heavy atom. The van der Waals surface area contributed by atoms with Crippen LogP contribution < -0.4 is 15.4 Å². The van der Waals surface area contributed by atoms with Crippen LogP contribution in [-0.4, -0.2) is 45.4 Å². The van der Waals surface area contributed by atoms with Crippen LogP contribution >= 0.6 is 0 Å². The Labute approximate surface area is 106 Å². The van der Waals surface area contributed by atoms with Gasteiger partial charge in [0.1, 0.15) is 0 Å². The molecule has 2 rings (SSSR count). The third kappa shape index (κ3) is 2.98. The number of rotatable bonds is 4. The fourth-order valence-electron chi connectivity index (χ4n) is 1.88. The quantitative estimate of drug-likeness (QED) is 0.791. The Bertz CT molecular complexity index is 424. The largest absolute Gasteiger partial charge is 0.463 e. The van der Waals surface area contributed by atoms with Gasteiger partial charge in [0.25, 0.3) is 0 Å². The van der Waals surface area contributed by atoms with E-state index in [1.165, 1.54) is 0 Å². The van der Waals surface area contributed by atoms with Crippen LogP contribution in [0.25, 0.3) is 0 Å². The summed E-state index contributed by atoms with van der Waals surface area (Å²) in [6.45, 7) is 5.53. The van der Waals surface area contributed by atoms with E-state index in [4.69, 9.17) is 10.5 Å². The zero-order valence-corrected chi connectivity index (χ0v) is 10.8. The fraction of sp³-hybridized carbons (Fsp3) is 0.727. The zero-order chi connectivity index (χ0) is 13.2. The predicted octanol–water partition coefficient (Wildman–Crippen LogP) is 0.204. The second-order valence-corrected chi connectivity index (χ2v) is 4.79. The topological polar surface area (TPSA) is 97.4 Å². The van der Waals surface area contributed by atoms with Gasteiger partial charge in [0.2, 0.25) is 11.9 Å². The first-order chi connectivity index (χ1) is 8.50. The molecule has 1 aliphatic rings. The van der Waals surface area contributed by atoms with E-state index in [0.717, 1.165) is 6.42 Å². The van der Waals surface area contributed by atoms with Crippen LogP contribution in [-0.2, 0) is 0 Å². The van der Waals surface area contributed by atoms with Gasteiger partial charge in [-0.15, -0.1) is 0 Å². The maximum absolute atomic E-state index is 9.93. The number of aliphatic hydroxyl groups is 1. The zero-order valence-electron chi connectivity index (χ0n) is 10.8. The molecule has 1 atom stereocenters. The summed E-state index contributed by atoms with van der Waals surface area (Å²) >= 11 is 0. The summed E-state index contributed by atoms with van der Waals surface area (Å²) in [5, 5.41) is 9.93. The molecule has 3 N–H and O–H groups in total. The second kappa shape index (κ2) is 4.93. The predicted molar refractivity (Wildman–Crippen MR) is 67.5 cm³/mol. The van der Waals surface area contributed by atoms with Gasteiger partial charge < -0.3 is 20.5 Å². The lowest BCUT2D eigenvalue weighted by Crippen LogP contribution is -2.30. The minimum Gasteiger partial charge on any atom is -0.463 e. The third-order valence-corrected chi connectivity index (χ3v) is 2.79. The third-order valence-electron chi connectivity index (χ3n) is 2.79. The van der Waals surface area contributed by atoms with Crippen molar-refractivity contribution in [1.82, 2.24) is 15.0 Å². The number of nitrogens with two attached hydrogens (primary N) is 1. The molecule has 0 amide bonds. The summed E-state index contributed by atoms with van der Waals surface area (Å²) in [6, 6.07) is 0.242. The SMILES string of the molecule is CCCOc1nc(N)nc(N2CCC(C)(O)C2)n1. The van der Waals surface area contributed by atoms with Gasteiger partial charge in [-0.05, 0) is 19.8 Å². The monoisotopic (exact) mass is 253 g/mol. The molecule has 0 spiro atoms. The minimum atomic E-state index is -0.703. The number of hydrogen-bond acceptors (Lipinski definition) is 7. The van der Waals surface area contributed by atoms with Gasteiger partial charge in [0, 0.05) is 13.1 Å². The molecule has 7 heteroatoms. The standard InChI is InChI=1S/C11H19N5O2/c1-3-6-18-10-14-8(12)13-9(15-10)16-5-4-11(2,17)7-16/h17H,3-7H2,1-2H3,(H2,12,13,14,15). The van der Waals surface area contributed by atoms with E-state index >= 15 is 0 Å². The number of ether oxygens (including phenoxy) is 1. The number of nitrogen functional groups attached to an aromatic ring is 1. The van der Waals surface area contributed by atoms with E-state index in [2.05, 4.69) is 15.0 Å². The van der Waals surface area contributed by atoms with Gasteiger partial charge in [-0.1, -0.05) is 6.92 Å². The number of nitrogens with zero attached hydrogens (tertiary/aromatic N) is 4. The Hall–Kier alpha value is -1.63. The van der Waals surface area contributed by atoms with Crippen LogP contribution in [0.2, 0.25) is 0 Å². The number of anilines is 2. The van der Waals surface area contributed by atoms with Crippen molar-refractivity contribution < 1.29 is 9.84 Å². The minimum absolute atomic E-state index is 0.137. The lowest BCUT2D eigenvalue weighted by atomic mass is 10.1. The molecular formula is C11H19N5O2. The van der Waals surface area contributed by atoms with Crippen molar-refractivity contribution in [2.75, 3.05) is 30.3 Å². The molecule has 0 aliphatic carbocycles. The Balaban J connectivity index is 2.15. The molecule has 0 radical (unpaired) electrons. The summed E-state index contributed by atoms with van der Waals surface area (Å²) in [7, 11) is 0. The van der Waals surface area contributed by atoms with E-state index < -0.39 is 5.60 Å². The van der Waals surface area contributed by atoms with Crippen molar-refractivity contribution in [2.45, 2.75) is 32.3 Å². The lowest BCUT2D eigenvalue weighted by Gasteiger charge is -2.19. The molecule has 1 aromatic heterocycles. The van der Waals surface area contributed by atoms with E-state index in [1.807, 2.05) is 11.8 Å². The van der Waals surface area contributed by atoms with Gasteiger partial charge in [-0.3, -0.25) is 0 Å². The highest BCUT2D eigenvalue weighted by Gasteiger charge is 2.33. The van der Waals surface area contributed by atoms with Crippen molar-refractivity contribution in [3.63, 3.8) is 0 Å². The molecule has 1 aromatic rings. The average Bonchev–Trinajstić information content (AvgIpc) is 2.66. The molecule has 1 saturated heterocycles. The first-order valence-corrected chi connectivity index (χ1v) is 6.12. The molecule has 0 saturated carbocycles. The van der Waals surface area contributed by atoms with Gasteiger partial charge in [0.15, 0.2) is 0 Å². The molecule has 100 valence electrons. The Morgan fingerprint density at radius 1 is 1.44 bits per heavy atom. The van der Waals surface area contributed by atoms with Crippen LogP contribution in [0, 0.1) is 0 Å². The molecule has 0 bridgehead atoms. The van der Waals surface area contributed by atoms with Crippen LogP contribution in [0.4, 0.5) is 11.9 Å². The first-order valence-electron chi connectivity index (χ1n) is 6.12. The number of β-amino-alcohol motifs (C(OH)–C–C–N with tert-alkyl or cyclic N) is 1. The molecule has 7 nitrogen and oxygen atoms in total.